The highest BCUT2D eigenvalue weighted by atomic mass is 19.1. The van der Waals surface area contributed by atoms with Gasteiger partial charge in [0, 0.05) is 35.5 Å². The van der Waals surface area contributed by atoms with Gasteiger partial charge in [0.05, 0.1) is 24.0 Å². The Kier molecular flexibility index (Phi) is 5.36. The van der Waals surface area contributed by atoms with Crippen LogP contribution < -0.4 is 10.9 Å². The lowest BCUT2D eigenvalue weighted by Crippen LogP contribution is -2.32. The molecule has 0 aromatic carbocycles. The van der Waals surface area contributed by atoms with Crippen LogP contribution in [0.25, 0.3) is 16.9 Å². The maximum atomic E-state index is 13.4. The first-order chi connectivity index (χ1) is 17.8. The maximum Gasteiger partial charge on any atom is 0.280 e. The Hall–Kier alpha value is -4.41. The molecule has 0 unspecified atom stereocenters. The van der Waals surface area contributed by atoms with Gasteiger partial charge in [0.2, 0.25) is 5.91 Å². The van der Waals surface area contributed by atoms with Crippen molar-refractivity contribution in [3.8, 4) is 11.3 Å². The number of amides is 2. The van der Waals surface area contributed by atoms with Crippen LogP contribution in [0.4, 0.5) is 10.2 Å². The van der Waals surface area contributed by atoms with E-state index in [4.69, 9.17) is 0 Å². The third-order valence-corrected chi connectivity index (χ3v) is 6.76. The molecule has 2 aliphatic rings. The highest BCUT2D eigenvalue weighted by Gasteiger charge is 2.36. The second-order valence-corrected chi connectivity index (χ2v) is 9.70. The molecule has 37 heavy (non-hydrogen) atoms. The van der Waals surface area contributed by atoms with Crippen molar-refractivity contribution >= 4 is 23.3 Å². The summed E-state index contributed by atoms with van der Waals surface area (Å²) in [6, 6.07) is 7.97. The molecule has 1 fully saturated rings. The molecule has 1 aliphatic carbocycles. The summed E-state index contributed by atoms with van der Waals surface area (Å²) >= 11 is 0. The zero-order valence-electron chi connectivity index (χ0n) is 20.3. The van der Waals surface area contributed by atoms with E-state index in [1.165, 1.54) is 21.2 Å². The number of nitrogens with zero attached hydrogens (tertiary/aromatic N) is 6. The Labute approximate surface area is 210 Å². The van der Waals surface area contributed by atoms with E-state index in [2.05, 4.69) is 20.4 Å². The van der Waals surface area contributed by atoms with Gasteiger partial charge in [0.15, 0.2) is 0 Å². The number of carbonyl (C=O) groups is 2. The summed E-state index contributed by atoms with van der Waals surface area (Å²) in [7, 11) is 0. The third kappa shape index (κ3) is 4.05. The molecule has 4 aromatic rings. The summed E-state index contributed by atoms with van der Waals surface area (Å²) in [5.74, 6) is -0.649. The number of rotatable bonds is 6. The standard InChI is InChI=1S/C26H24FN7O3/c1-14(2)32-12-18-24(26(32)37)33(13-22(35)30-21-8-6-17(27)11-29-21)23-9-20(31-34(23)25(18)36)16-5-7-19(28-10-16)15-3-4-15/h5-11,14-15H,3-4,12-13H2,1-2H3,(H,29,30,35). The summed E-state index contributed by atoms with van der Waals surface area (Å²) in [5, 5.41) is 7.15. The average Bonchev–Trinajstić information content (AvgIpc) is 3.53. The molecule has 0 radical (unpaired) electrons. The van der Waals surface area contributed by atoms with Gasteiger partial charge in [-0.05, 0) is 51.0 Å². The number of pyridine rings is 2. The largest absolute Gasteiger partial charge is 0.330 e. The number of hydrogen-bond donors (Lipinski definition) is 1. The van der Waals surface area contributed by atoms with Crippen LogP contribution in [0.5, 0.6) is 0 Å². The summed E-state index contributed by atoms with van der Waals surface area (Å²) in [5.41, 5.74) is 2.65. The van der Waals surface area contributed by atoms with Gasteiger partial charge in [0.1, 0.15) is 29.5 Å². The minimum Gasteiger partial charge on any atom is -0.330 e. The van der Waals surface area contributed by atoms with Gasteiger partial charge in [-0.25, -0.2) is 9.37 Å². The summed E-state index contributed by atoms with van der Waals surface area (Å²) in [6.07, 6.45) is 5.02. The lowest BCUT2D eigenvalue weighted by atomic mass is 10.1. The van der Waals surface area contributed by atoms with E-state index in [1.807, 2.05) is 26.0 Å². The second kappa shape index (κ2) is 8.61. The number of nitrogens with one attached hydrogen (secondary N) is 1. The highest BCUT2D eigenvalue weighted by molar-refractivity contribution is 5.98. The molecule has 5 heterocycles. The van der Waals surface area contributed by atoms with E-state index in [9.17, 15) is 18.8 Å². The quantitative estimate of drug-likeness (QED) is 0.435. The Morgan fingerprint density at radius 1 is 1.14 bits per heavy atom. The average molecular weight is 502 g/mol. The smallest absolute Gasteiger partial charge is 0.280 e. The van der Waals surface area contributed by atoms with Gasteiger partial charge in [-0.1, -0.05) is 0 Å². The first-order valence-corrected chi connectivity index (χ1v) is 12.1. The van der Waals surface area contributed by atoms with Crippen LogP contribution in [0, 0.1) is 5.82 Å². The van der Waals surface area contributed by atoms with Gasteiger partial charge in [-0.3, -0.25) is 19.4 Å². The predicted molar refractivity (Wildman–Crippen MR) is 132 cm³/mol. The van der Waals surface area contributed by atoms with Crippen LogP contribution in [-0.4, -0.2) is 46.9 Å². The molecule has 1 saturated carbocycles. The number of carbonyl (C=O) groups excluding carboxylic acids is 2. The van der Waals surface area contributed by atoms with Gasteiger partial charge >= 0.3 is 0 Å². The summed E-state index contributed by atoms with van der Waals surface area (Å²) < 4.78 is 16.0. The molecular weight excluding hydrogens is 477 g/mol. The Morgan fingerprint density at radius 3 is 2.59 bits per heavy atom. The number of fused-ring (bicyclic) bond motifs is 2. The summed E-state index contributed by atoms with van der Waals surface area (Å²) in [6.45, 7) is 3.60. The van der Waals surface area contributed by atoms with Gasteiger partial charge in [-0.15, -0.1) is 0 Å². The monoisotopic (exact) mass is 501 g/mol. The van der Waals surface area contributed by atoms with Crippen molar-refractivity contribution in [1.82, 2.24) is 29.0 Å². The maximum absolute atomic E-state index is 13.4. The summed E-state index contributed by atoms with van der Waals surface area (Å²) in [4.78, 5) is 49.8. The molecule has 6 rings (SSSR count). The zero-order chi connectivity index (χ0) is 25.8. The Morgan fingerprint density at radius 2 is 1.95 bits per heavy atom. The van der Waals surface area contributed by atoms with E-state index >= 15 is 0 Å². The minimum absolute atomic E-state index is 0.134. The topological polar surface area (TPSA) is 114 Å². The lowest BCUT2D eigenvalue weighted by molar-refractivity contribution is -0.116. The first-order valence-electron chi connectivity index (χ1n) is 12.1. The Balaban J connectivity index is 1.44. The number of halogens is 1. The van der Waals surface area contributed by atoms with Gasteiger partial charge in [0.25, 0.3) is 11.5 Å². The Bertz CT molecular complexity index is 1600. The van der Waals surface area contributed by atoms with E-state index in [0.717, 1.165) is 30.3 Å². The van der Waals surface area contributed by atoms with Crippen molar-refractivity contribution in [3.05, 3.63) is 75.8 Å². The van der Waals surface area contributed by atoms with Crippen LogP contribution in [0.15, 0.2) is 47.5 Å². The minimum atomic E-state index is -0.524. The third-order valence-electron chi connectivity index (χ3n) is 6.76. The number of aromatic nitrogens is 5. The normalized spacial score (nSPS) is 15.0. The molecule has 0 atom stereocenters. The lowest BCUT2D eigenvalue weighted by Gasteiger charge is -2.20. The molecule has 0 bridgehead atoms. The van der Waals surface area contributed by atoms with Crippen LogP contribution >= 0.6 is 0 Å². The predicted octanol–water partition coefficient (Wildman–Crippen LogP) is 2.97. The molecule has 188 valence electrons. The van der Waals surface area contributed by atoms with Crippen molar-refractivity contribution in [2.75, 3.05) is 5.32 Å². The SMILES string of the molecule is CC(C)N1Cc2c(n(CC(=O)Nc3ccc(F)cn3)c3cc(-c4ccc(C5CC5)nc4)nn3c2=O)C1=O. The van der Waals surface area contributed by atoms with Crippen molar-refractivity contribution in [2.45, 2.75) is 51.7 Å². The van der Waals surface area contributed by atoms with Crippen LogP contribution in [-0.2, 0) is 17.9 Å². The fraction of sp³-hybridized carbons (Fsp3) is 0.308. The van der Waals surface area contributed by atoms with Crippen molar-refractivity contribution in [3.63, 3.8) is 0 Å². The van der Waals surface area contributed by atoms with Crippen LogP contribution in [0.2, 0.25) is 0 Å². The van der Waals surface area contributed by atoms with Crippen LogP contribution in [0.1, 0.15) is 54.4 Å². The van der Waals surface area contributed by atoms with Crippen molar-refractivity contribution in [1.29, 1.82) is 0 Å². The van der Waals surface area contributed by atoms with E-state index < -0.39 is 17.3 Å². The molecule has 1 aliphatic heterocycles. The molecule has 1 N–H and O–H groups in total. The highest BCUT2D eigenvalue weighted by Crippen LogP contribution is 2.39. The molecule has 4 aromatic heterocycles. The molecular formula is C26H24FN7O3. The molecule has 11 heteroatoms. The van der Waals surface area contributed by atoms with E-state index in [1.54, 1.807) is 17.2 Å². The molecule has 0 spiro atoms. The van der Waals surface area contributed by atoms with Crippen molar-refractivity contribution < 1.29 is 14.0 Å². The van der Waals surface area contributed by atoms with E-state index in [0.29, 0.717) is 17.3 Å². The fourth-order valence-corrected chi connectivity index (χ4v) is 4.66. The van der Waals surface area contributed by atoms with Crippen molar-refractivity contribution in [2.24, 2.45) is 0 Å². The first kappa shape index (κ1) is 23.0. The molecule has 10 nitrogen and oxygen atoms in total. The van der Waals surface area contributed by atoms with Crippen LogP contribution in [0.3, 0.4) is 0 Å². The van der Waals surface area contributed by atoms with Gasteiger partial charge in [-0.2, -0.15) is 9.61 Å². The number of hydrogen-bond acceptors (Lipinski definition) is 6. The van der Waals surface area contributed by atoms with Gasteiger partial charge < -0.3 is 14.8 Å². The second-order valence-electron chi connectivity index (χ2n) is 9.70. The molecule has 2 amide bonds. The number of anilines is 1. The fourth-order valence-electron chi connectivity index (χ4n) is 4.66. The molecule has 0 saturated heterocycles. The zero-order valence-corrected chi connectivity index (χ0v) is 20.3. The van der Waals surface area contributed by atoms with E-state index in [-0.39, 0.29) is 42.1 Å².